The predicted octanol–water partition coefficient (Wildman–Crippen LogP) is 3.61. The first-order chi connectivity index (χ1) is 9.34. The molecule has 0 unspecified atom stereocenters. The van der Waals surface area contributed by atoms with Crippen LogP contribution in [0.25, 0.3) is 16.5 Å². The number of aromatic nitrogens is 3. The molecule has 94 valence electrons. The van der Waals surface area contributed by atoms with Gasteiger partial charge in [0.25, 0.3) is 0 Å². The highest BCUT2D eigenvalue weighted by Crippen LogP contribution is 2.44. The van der Waals surface area contributed by atoms with E-state index in [0.717, 1.165) is 11.7 Å². The van der Waals surface area contributed by atoms with Crippen LogP contribution in [0.15, 0.2) is 42.7 Å². The van der Waals surface area contributed by atoms with E-state index in [1.807, 2.05) is 6.92 Å². The zero-order valence-corrected chi connectivity index (χ0v) is 10.9. The lowest BCUT2D eigenvalue weighted by Gasteiger charge is -2.12. The lowest BCUT2D eigenvalue weighted by Crippen LogP contribution is -1.98. The lowest BCUT2D eigenvalue weighted by molar-refractivity contribution is 0.974. The van der Waals surface area contributed by atoms with Gasteiger partial charge in [0.2, 0.25) is 0 Å². The molecular formula is C16H15N3. The Morgan fingerprint density at radius 1 is 1.05 bits per heavy atom. The highest BCUT2D eigenvalue weighted by Gasteiger charge is 2.25. The van der Waals surface area contributed by atoms with Crippen molar-refractivity contribution in [1.82, 2.24) is 14.8 Å². The van der Waals surface area contributed by atoms with Crippen LogP contribution in [0.5, 0.6) is 0 Å². The molecule has 19 heavy (non-hydrogen) atoms. The van der Waals surface area contributed by atoms with Crippen molar-refractivity contribution in [1.29, 1.82) is 0 Å². The van der Waals surface area contributed by atoms with Crippen LogP contribution in [-0.4, -0.2) is 14.8 Å². The molecule has 1 heterocycles. The molecule has 1 aliphatic carbocycles. The van der Waals surface area contributed by atoms with Crippen LogP contribution < -0.4 is 0 Å². The second-order valence-electron chi connectivity index (χ2n) is 5.24. The number of aryl methyl sites for hydroxylation is 1. The molecule has 0 aliphatic heterocycles. The topological polar surface area (TPSA) is 30.7 Å². The summed E-state index contributed by atoms with van der Waals surface area (Å²) < 4.78 is 2.05. The molecule has 3 heteroatoms. The molecule has 2 aromatic carbocycles. The average molecular weight is 249 g/mol. The summed E-state index contributed by atoms with van der Waals surface area (Å²) in [5.41, 5.74) is 2.66. The van der Waals surface area contributed by atoms with Crippen LogP contribution in [0.2, 0.25) is 0 Å². The molecule has 1 saturated carbocycles. The van der Waals surface area contributed by atoms with Gasteiger partial charge in [-0.05, 0) is 42.7 Å². The summed E-state index contributed by atoms with van der Waals surface area (Å²) in [5.74, 6) is 1.69. The first kappa shape index (κ1) is 10.7. The quantitative estimate of drug-likeness (QED) is 0.694. The minimum atomic E-state index is 0.765. The summed E-state index contributed by atoms with van der Waals surface area (Å²) in [5, 5.41) is 10.7. The molecule has 0 N–H and O–H groups in total. The molecule has 4 rings (SSSR count). The van der Waals surface area contributed by atoms with E-state index in [2.05, 4.69) is 51.2 Å². The Bertz CT molecular complexity index is 754. The molecule has 0 atom stereocenters. The van der Waals surface area contributed by atoms with E-state index in [4.69, 9.17) is 0 Å². The molecule has 0 spiro atoms. The Kier molecular flexibility index (Phi) is 2.21. The Labute approximate surface area is 111 Å². The fourth-order valence-corrected chi connectivity index (χ4v) is 2.80. The maximum Gasteiger partial charge on any atom is 0.134 e. The van der Waals surface area contributed by atoms with Gasteiger partial charge >= 0.3 is 0 Å². The van der Waals surface area contributed by atoms with Gasteiger partial charge in [-0.3, -0.25) is 4.57 Å². The SMILES string of the molecule is Cc1nncn1-c1ccc(C2CC2)c2ccccc12. The van der Waals surface area contributed by atoms with E-state index in [0.29, 0.717) is 0 Å². The lowest BCUT2D eigenvalue weighted by atomic mass is 9.99. The third-order valence-corrected chi connectivity index (χ3v) is 3.93. The molecule has 0 radical (unpaired) electrons. The van der Waals surface area contributed by atoms with E-state index in [9.17, 15) is 0 Å². The normalized spacial score (nSPS) is 15.0. The molecule has 1 fully saturated rings. The number of nitrogens with zero attached hydrogens (tertiary/aromatic N) is 3. The van der Waals surface area contributed by atoms with Crippen molar-refractivity contribution in [3.05, 3.63) is 54.1 Å². The van der Waals surface area contributed by atoms with Crippen molar-refractivity contribution in [3.63, 3.8) is 0 Å². The summed E-state index contributed by atoms with van der Waals surface area (Å²) in [4.78, 5) is 0. The highest BCUT2D eigenvalue weighted by molar-refractivity contribution is 5.93. The standard InChI is InChI=1S/C16H15N3/c1-11-18-17-10-19(11)16-9-8-13(12-6-7-12)14-4-2-3-5-15(14)16/h2-5,8-10,12H,6-7H2,1H3. The van der Waals surface area contributed by atoms with E-state index in [-0.39, 0.29) is 0 Å². The highest BCUT2D eigenvalue weighted by atomic mass is 15.3. The van der Waals surface area contributed by atoms with Crippen LogP contribution >= 0.6 is 0 Å². The Morgan fingerprint density at radius 3 is 2.53 bits per heavy atom. The third-order valence-electron chi connectivity index (χ3n) is 3.93. The van der Waals surface area contributed by atoms with Gasteiger partial charge in [0, 0.05) is 5.39 Å². The number of fused-ring (bicyclic) bond motifs is 1. The Balaban J connectivity index is 2.03. The van der Waals surface area contributed by atoms with Crippen molar-refractivity contribution < 1.29 is 0 Å². The van der Waals surface area contributed by atoms with Crippen LogP contribution in [0.4, 0.5) is 0 Å². The maximum absolute atomic E-state index is 4.08. The predicted molar refractivity (Wildman–Crippen MR) is 75.6 cm³/mol. The van der Waals surface area contributed by atoms with E-state index < -0.39 is 0 Å². The Morgan fingerprint density at radius 2 is 1.84 bits per heavy atom. The summed E-state index contributed by atoms with van der Waals surface area (Å²) in [7, 11) is 0. The summed E-state index contributed by atoms with van der Waals surface area (Å²) in [6.45, 7) is 1.98. The second-order valence-corrected chi connectivity index (χ2v) is 5.24. The molecule has 0 bridgehead atoms. The van der Waals surface area contributed by atoms with Crippen molar-refractivity contribution >= 4 is 10.8 Å². The fraction of sp³-hybridized carbons (Fsp3) is 0.250. The summed E-state index contributed by atoms with van der Waals surface area (Å²) in [6.07, 6.45) is 4.44. The van der Waals surface area contributed by atoms with E-state index >= 15 is 0 Å². The van der Waals surface area contributed by atoms with Gasteiger partial charge in [-0.15, -0.1) is 10.2 Å². The smallest absolute Gasteiger partial charge is 0.134 e. The zero-order chi connectivity index (χ0) is 12.8. The van der Waals surface area contributed by atoms with Crippen LogP contribution in [0, 0.1) is 6.92 Å². The van der Waals surface area contributed by atoms with Gasteiger partial charge in [-0.1, -0.05) is 30.3 Å². The molecule has 0 amide bonds. The second kappa shape index (κ2) is 3.92. The molecule has 1 aromatic heterocycles. The van der Waals surface area contributed by atoms with Gasteiger partial charge in [0.1, 0.15) is 12.2 Å². The van der Waals surface area contributed by atoms with Crippen LogP contribution in [0.1, 0.15) is 30.1 Å². The Hall–Kier alpha value is -2.16. The average Bonchev–Trinajstić information content (AvgIpc) is 3.20. The third kappa shape index (κ3) is 1.65. The molecule has 3 nitrogen and oxygen atoms in total. The number of hydrogen-bond acceptors (Lipinski definition) is 2. The summed E-state index contributed by atoms with van der Waals surface area (Å²) in [6, 6.07) is 13.1. The molecular weight excluding hydrogens is 234 g/mol. The first-order valence-corrected chi connectivity index (χ1v) is 6.73. The van der Waals surface area contributed by atoms with Crippen molar-refractivity contribution in [3.8, 4) is 5.69 Å². The molecule has 0 saturated heterocycles. The van der Waals surface area contributed by atoms with Gasteiger partial charge in [-0.2, -0.15) is 0 Å². The fourth-order valence-electron chi connectivity index (χ4n) is 2.80. The minimum absolute atomic E-state index is 0.765. The van der Waals surface area contributed by atoms with Crippen LogP contribution in [-0.2, 0) is 0 Å². The van der Waals surface area contributed by atoms with E-state index in [1.165, 1.54) is 34.9 Å². The van der Waals surface area contributed by atoms with Gasteiger partial charge in [0.05, 0.1) is 5.69 Å². The molecule has 1 aliphatic rings. The monoisotopic (exact) mass is 249 g/mol. The van der Waals surface area contributed by atoms with E-state index in [1.54, 1.807) is 6.33 Å². The van der Waals surface area contributed by atoms with Gasteiger partial charge in [0.15, 0.2) is 0 Å². The minimum Gasteiger partial charge on any atom is -0.285 e. The first-order valence-electron chi connectivity index (χ1n) is 6.73. The zero-order valence-electron chi connectivity index (χ0n) is 10.9. The molecule has 3 aromatic rings. The summed E-state index contributed by atoms with van der Waals surface area (Å²) >= 11 is 0. The van der Waals surface area contributed by atoms with Crippen LogP contribution in [0.3, 0.4) is 0 Å². The van der Waals surface area contributed by atoms with Crippen molar-refractivity contribution in [2.45, 2.75) is 25.7 Å². The van der Waals surface area contributed by atoms with Crippen molar-refractivity contribution in [2.24, 2.45) is 0 Å². The number of rotatable bonds is 2. The maximum atomic E-state index is 4.08. The van der Waals surface area contributed by atoms with Crippen molar-refractivity contribution in [2.75, 3.05) is 0 Å². The number of hydrogen-bond donors (Lipinski definition) is 0. The van der Waals surface area contributed by atoms with Gasteiger partial charge < -0.3 is 0 Å². The van der Waals surface area contributed by atoms with Gasteiger partial charge in [-0.25, -0.2) is 0 Å². The number of benzene rings is 2. The largest absolute Gasteiger partial charge is 0.285 e.